The molecule has 0 N–H and O–H groups in total. The van der Waals surface area contributed by atoms with Crippen molar-refractivity contribution in [2.24, 2.45) is 0 Å². The van der Waals surface area contributed by atoms with Crippen LogP contribution >= 0.6 is 0 Å². The summed E-state index contributed by atoms with van der Waals surface area (Å²) in [5, 5.41) is 10.5. The molecule has 0 heterocycles. The Kier molecular flexibility index (Phi) is 6.00. The average Bonchev–Trinajstić information content (AvgIpc) is 2.14. The molecule has 0 saturated carbocycles. The van der Waals surface area contributed by atoms with E-state index in [1.54, 1.807) is 6.92 Å². The zero-order valence-corrected chi connectivity index (χ0v) is 8.60. The molecule has 0 aromatic heterocycles. The van der Waals surface area contributed by atoms with Crippen molar-refractivity contribution in [2.45, 2.75) is 26.3 Å². The average molecular weight is 219 g/mol. The molecular weight excluding hydrogens is 206 g/mol. The van der Waals surface area contributed by atoms with Crippen LogP contribution in [-0.2, 0) is 19.1 Å². The Balaban J connectivity index is 4.34. The molecule has 0 rings (SSSR count). The molecule has 0 aliphatic rings. The molecule has 0 radical (unpaired) electrons. The summed E-state index contributed by atoms with van der Waals surface area (Å²) < 4.78 is 8.96. The van der Waals surface area contributed by atoms with E-state index in [-0.39, 0.29) is 13.2 Å². The van der Waals surface area contributed by atoms with Gasteiger partial charge in [0.1, 0.15) is 6.42 Å². The maximum absolute atomic E-state index is 11.1. The number of carbonyl (C=O) groups is 2. The van der Waals surface area contributed by atoms with Gasteiger partial charge in [-0.05, 0) is 13.8 Å². The van der Waals surface area contributed by atoms with E-state index in [9.17, 15) is 19.7 Å². The molecule has 15 heavy (non-hydrogen) atoms. The van der Waals surface area contributed by atoms with Gasteiger partial charge in [0.25, 0.3) is 0 Å². The van der Waals surface area contributed by atoms with E-state index < -0.39 is 29.3 Å². The van der Waals surface area contributed by atoms with Crippen LogP contribution in [0.15, 0.2) is 0 Å². The minimum atomic E-state index is -1.68. The summed E-state index contributed by atoms with van der Waals surface area (Å²) in [5.74, 6) is -1.80. The fourth-order valence-corrected chi connectivity index (χ4v) is 0.860. The minimum Gasteiger partial charge on any atom is -0.466 e. The highest BCUT2D eigenvalue weighted by molar-refractivity contribution is 5.81. The third-order valence-electron chi connectivity index (χ3n) is 1.48. The van der Waals surface area contributed by atoms with Gasteiger partial charge in [0, 0.05) is 4.92 Å². The van der Waals surface area contributed by atoms with Crippen LogP contribution < -0.4 is 0 Å². The highest BCUT2D eigenvalue weighted by atomic mass is 16.6. The molecule has 1 atom stereocenters. The van der Waals surface area contributed by atoms with Gasteiger partial charge in [-0.15, -0.1) is 0 Å². The smallest absolute Gasteiger partial charge is 0.382 e. The third-order valence-corrected chi connectivity index (χ3v) is 1.48. The highest BCUT2D eigenvalue weighted by Crippen LogP contribution is 2.02. The summed E-state index contributed by atoms with van der Waals surface area (Å²) >= 11 is 0. The Hall–Kier alpha value is -1.66. The Morgan fingerprint density at radius 1 is 1.27 bits per heavy atom. The Bertz CT molecular complexity index is 252. The summed E-state index contributed by atoms with van der Waals surface area (Å²) in [5.41, 5.74) is 0. The first kappa shape index (κ1) is 13.3. The number of hydrogen-bond acceptors (Lipinski definition) is 6. The standard InChI is InChI=1S/C8H13NO6/c1-3-14-7(10)5-6(9(12)13)8(11)15-4-2/h6H,3-5H2,1-2H3/t6-/m0/s1. The number of hydrogen-bond donors (Lipinski definition) is 0. The van der Waals surface area contributed by atoms with E-state index in [0.29, 0.717) is 0 Å². The number of nitrogens with zero attached hydrogens (tertiary/aromatic N) is 1. The van der Waals surface area contributed by atoms with Crippen molar-refractivity contribution in [3.05, 3.63) is 10.1 Å². The van der Waals surface area contributed by atoms with Crippen LogP contribution in [0, 0.1) is 10.1 Å². The molecule has 86 valence electrons. The van der Waals surface area contributed by atoms with Gasteiger partial charge in [-0.1, -0.05) is 0 Å². The van der Waals surface area contributed by atoms with Crippen molar-refractivity contribution in [1.29, 1.82) is 0 Å². The Morgan fingerprint density at radius 3 is 2.20 bits per heavy atom. The van der Waals surface area contributed by atoms with Gasteiger partial charge >= 0.3 is 18.0 Å². The van der Waals surface area contributed by atoms with Gasteiger partial charge in [-0.2, -0.15) is 0 Å². The summed E-state index contributed by atoms with van der Waals surface area (Å²) in [6.07, 6.45) is -0.598. The first-order valence-electron chi connectivity index (χ1n) is 4.48. The second-order valence-corrected chi connectivity index (χ2v) is 2.56. The van der Waals surface area contributed by atoms with E-state index >= 15 is 0 Å². The van der Waals surface area contributed by atoms with Gasteiger partial charge in [-0.25, -0.2) is 4.79 Å². The molecule has 0 aromatic carbocycles. The molecule has 7 nitrogen and oxygen atoms in total. The van der Waals surface area contributed by atoms with Crippen molar-refractivity contribution in [2.75, 3.05) is 13.2 Å². The summed E-state index contributed by atoms with van der Waals surface area (Å²) in [6, 6.07) is -1.68. The van der Waals surface area contributed by atoms with Gasteiger partial charge in [-0.3, -0.25) is 14.9 Å². The molecule has 7 heteroatoms. The Labute approximate surface area is 86.5 Å². The lowest BCUT2D eigenvalue weighted by Crippen LogP contribution is -2.34. The van der Waals surface area contributed by atoms with Gasteiger partial charge in [0.15, 0.2) is 0 Å². The summed E-state index contributed by atoms with van der Waals surface area (Å²) in [4.78, 5) is 31.6. The van der Waals surface area contributed by atoms with Crippen LogP contribution in [0.25, 0.3) is 0 Å². The first-order valence-corrected chi connectivity index (χ1v) is 4.48. The quantitative estimate of drug-likeness (QED) is 0.358. The molecule has 0 amide bonds. The molecule has 0 bridgehead atoms. The predicted octanol–water partition coefficient (Wildman–Crippen LogP) is 0.148. The second kappa shape index (κ2) is 6.74. The Morgan fingerprint density at radius 2 is 1.80 bits per heavy atom. The van der Waals surface area contributed by atoms with Crippen LogP contribution in [0.3, 0.4) is 0 Å². The van der Waals surface area contributed by atoms with Crippen LogP contribution in [0.1, 0.15) is 20.3 Å². The monoisotopic (exact) mass is 219 g/mol. The molecule has 0 aromatic rings. The first-order chi connectivity index (χ1) is 7.02. The van der Waals surface area contributed by atoms with E-state index in [2.05, 4.69) is 9.47 Å². The number of esters is 2. The van der Waals surface area contributed by atoms with E-state index in [1.165, 1.54) is 6.92 Å². The van der Waals surface area contributed by atoms with Crippen molar-refractivity contribution >= 4 is 11.9 Å². The molecular formula is C8H13NO6. The highest BCUT2D eigenvalue weighted by Gasteiger charge is 2.34. The summed E-state index contributed by atoms with van der Waals surface area (Å²) in [6.45, 7) is 3.25. The maximum Gasteiger partial charge on any atom is 0.382 e. The van der Waals surface area contributed by atoms with Crippen molar-refractivity contribution < 1.29 is 24.0 Å². The number of nitro groups is 1. The van der Waals surface area contributed by atoms with Crippen LogP contribution in [-0.4, -0.2) is 36.1 Å². The fraction of sp³-hybridized carbons (Fsp3) is 0.750. The third kappa shape index (κ3) is 4.94. The van der Waals surface area contributed by atoms with Crippen molar-refractivity contribution in [3.8, 4) is 0 Å². The second-order valence-electron chi connectivity index (χ2n) is 2.56. The molecule has 0 unspecified atom stereocenters. The molecule has 0 fully saturated rings. The SMILES string of the molecule is CCOC(=O)C[C@@H](C(=O)OCC)[N+](=O)[O-]. The molecule has 0 saturated heterocycles. The van der Waals surface area contributed by atoms with Gasteiger partial charge < -0.3 is 9.47 Å². The lowest BCUT2D eigenvalue weighted by Gasteiger charge is -2.07. The number of ether oxygens (including phenoxy) is 2. The lowest BCUT2D eigenvalue weighted by molar-refractivity contribution is -0.509. The molecule has 0 aliphatic carbocycles. The number of rotatable bonds is 6. The minimum absolute atomic E-state index is 0.0337. The maximum atomic E-state index is 11.1. The summed E-state index contributed by atoms with van der Waals surface area (Å²) in [7, 11) is 0. The zero-order chi connectivity index (χ0) is 11.8. The van der Waals surface area contributed by atoms with Crippen LogP contribution in [0.5, 0.6) is 0 Å². The molecule has 0 spiro atoms. The van der Waals surface area contributed by atoms with Crippen molar-refractivity contribution in [1.82, 2.24) is 0 Å². The zero-order valence-electron chi connectivity index (χ0n) is 8.60. The number of carbonyl (C=O) groups excluding carboxylic acids is 2. The topological polar surface area (TPSA) is 95.7 Å². The molecule has 0 aliphatic heterocycles. The van der Waals surface area contributed by atoms with E-state index in [1.807, 2.05) is 0 Å². The lowest BCUT2D eigenvalue weighted by atomic mass is 10.2. The van der Waals surface area contributed by atoms with E-state index in [4.69, 9.17) is 0 Å². The normalized spacial score (nSPS) is 11.6. The van der Waals surface area contributed by atoms with Crippen molar-refractivity contribution in [3.63, 3.8) is 0 Å². The fourth-order valence-electron chi connectivity index (χ4n) is 0.860. The van der Waals surface area contributed by atoms with Gasteiger partial charge in [0.05, 0.1) is 13.2 Å². The van der Waals surface area contributed by atoms with Gasteiger partial charge in [0.2, 0.25) is 0 Å². The predicted molar refractivity (Wildman–Crippen MR) is 48.7 cm³/mol. The van der Waals surface area contributed by atoms with Crippen LogP contribution in [0.2, 0.25) is 0 Å². The largest absolute Gasteiger partial charge is 0.466 e. The van der Waals surface area contributed by atoms with E-state index in [0.717, 1.165) is 0 Å². The van der Waals surface area contributed by atoms with Crippen LogP contribution in [0.4, 0.5) is 0 Å².